The molecule has 17 nitrogen and oxygen atoms in total. The van der Waals surface area contributed by atoms with Crippen LogP contribution in [-0.2, 0) is 18.9 Å². The second-order valence-electron chi connectivity index (χ2n) is 30.5. The van der Waals surface area contributed by atoms with Gasteiger partial charge in [-0.2, -0.15) is 10.2 Å². The third kappa shape index (κ3) is 42.1. The van der Waals surface area contributed by atoms with Gasteiger partial charge in [-0.15, -0.1) is 43.1 Å². The maximum absolute atomic E-state index is 5.17. The van der Waals surface area contributed by atoms with E-state index in [1.165, 1.54) is 124 Å². The van der Waals surface area contributed by atoms with Gasteiger partial charge in [-0.05, 0) is 342 Å². The van der Waals surface area contributed by atoms with Gasteiger partial charge in [0.15, 0.2) is 12.6 Å². The Morgan fingerprint density at radius 1 is 0.265 bits per heavy atom. The normalized spacial score (nSPS) is 16.2. The minimum Gasteiger partial charge on any atom is -0.426 e. The predicted molar refractivity (Wildman–Crippen MR) is 474 cm³/mol. The van der Waals surface area contributed by atoms with Crippen molar-refractivity contribution in [1.29, 1.82) is 0 Å². The maximum atomic E-state index is 5.17. The quantitative estimate of drug-likeness (QED) is 0.138. The number of aromatic nitrogens is 12. The van der Waals surface area contributed by atoms with E-state index in [-0.39, 0.29) is 12.6 Å². The molecule has 14 rings (SSSR count). The lowest BCUT2D eigenvalue weighted by Crippen LogP contribution is -2.27. The molecule has 10 heterocycles. The van der Waals surface area contributed by atoms with Gasteiger partial charge >= 0.3 is 0 Å². The summed E-state index contributed by atoms with van der Waals surface area (Å²) in [5, 5.41) is 27.5. The highest BCUT2D eigenvalue weighted by molar-refractivity contribution is 7.11. The summed E-state index contributed by atoms with van der Waals surface area (Å²) >= 11 is 3.46. The van der Waals surface area contributed by atoms with Gasteiger partial charge in [0.2, 0.25) is 11.8 Å². The number of ether oxygens (including phenoxy) is 4. The van der Waals surface area contributed by atoms with Crippen LogP contribution >= 0.6 is 22.7 Å². The Bertz CT molecular complexity index is 3700. The fourth-order valence-electron chi connectivity index (χ4n) is 10.9. The Balaban J connectivity index is 0.000000420. The number of pyridine rings is 2. The fourth-order valence-corrected chi connectivity index (χ4v) is 12.3. The van der Waals surface area contributed by atoms with E-state index in [9.17, 15) is 0 Å². The molecule has 618 valence electrons. The molecule has 2 saturated heterocycles. The van der Waals surface area contributed by atoms with E-state index in [1.807, 2.05) is 170 Å². The summed E-state index contributed by atoms with van der Waals surface area (Å²) < 4.78 is 25.5. The van der Waals surface area contributed by atoms with Crippen molar-refractivity contribution in [3.63, 3.8) is 0 Å². The summed E-state index contributed by atoms with van der Waals surface area (Å²) in [6.45, 7) is 74.2. The van der Waals surface area contributed by atoms with E-state index < -0.39 is 0 Å². The van der Waals surface area contributed by atoms with Crippen LogP contribution in [-0.4, -0.2) is 99.5 Å². The van der Waals surface area contributed by atoms with Gasteiger partial charge in [0.1, 0.15) is 21.7 Å². The smallest absolute Gasteiger partial charge is 0.213 e. The minimum absolute atomic E-state index is 0.0196. The summed E-state index contributed by atoms with van der Waals surface area (Å²) in [5.74, 6) is 6.09. The monoisotopic (exact) mass is 1580 g/mol. The highest BCUT2D eigenvalue weighted by atomic mass is 32.1. The molecule has 3 fully saturated rings. The van der Waals surface area contributed by atoms with E-state index in [2.05, 4.69) is 222 Å². The SMILES string of the molecule is CC1CCC(C)CC1.CC1COC(C)OC1.CC1COC(C)OC1.Cc1c(C)c(C)c2c(C)c(C)c(C)c(C)c2c1C.Cc1ccc(C)c(C)c1C.Cc1ccc(C)nc1.Cc1ccc(C)nc1.Cc1ccc(C)nn1.Cc1ccc(C)s1.Cc1cnc(C)nc1.Cc1cnc(C)nc1.Cc1nnc(C)o1.Cc1nnc(C)s1. The Labute approximate surface area is 689 Å². The van der Waals surface area contributed by atoms with Gasteiger partial charge in [-0.25, -0.2) is 19.9 Å². The number of hydrogen-bond acceptors (Lipinski definition) is 19. The average molecular weight is 1580 g/mol. The van der Waals surface area contributed by atoms with Gasteiger partial charge in [-0.1, -0.05) is 77.6 Å². The molecular formula is C94H140N12O5S2. The molecule has 0 atom stereocenters. The van der Waals surface area contributed by atoms with Crippen molar-refractivity contribution in [1.82, 2.24) is 60.5 Å². The van der Waals surface area contributed by atoms with Crippen LogP contribution in [0.25, 0.3) is 10.8 Å². The molecule has 1 saturated carbocycles. The van der Waals surface area contributed by atoms with Crippen LogP contribution in [0.4, 0.5) is 0 Å². The molecule has 0 bridgehead atoms. The maximum Gasteiger partial charge on any atom is 0.213 e. The number of hydrogen-bond donors (Lipinski definition) is 0. The second-order valence-corrected chi connectivity index (χ2v) is 33.3. The third-order valence-electron chi connectivity index (χ3n) is 19.2. The first kappa shape index (κ1) is 101. The predicted octanol–water partition coefficient (Wildman–Crippen LogP) is 24.0. The van der Waals surface area contributed by atoms with Crippen molar-refractivity contribution in [2.75, 3.05) is 26.4 Å². The Hall–Kier alpha value is -8.30. The highest BCUT2D eigenvalue weighted by Crippen LogP contribution is 2.37. The molecule has 3 aliphatic rings. The van der Waals surface area contributed by atoms with Gasteiger partial charge in [0.25, 0.3) is 0 Å². The van der Waals surface area contributed by atoms with Gasteiger partial charge < -0.3 is 23.4 Å². The zero-order valence-corrected chi connectivity index (χ0v) is 77.2. The molecule has 1 aliphatic carbocycles. The van der Waals surface area contributed by atoms with Crippen LogP contribution < -0.4 is 0 Å². The van der Waals surface area contributed by atoms with E-state index in [0.717, 1.165) is 93.8 Å². The molecule has 8 aromatic heterocycles. The van der Waals surface area contributed by atoms with Crippen molar-refractivity contribution >= 4 is 33.4 Å². The number of thiophene rings is 1. The van der Waals surface area contributed by atoms with Gasteiger partial charge in [0.05, 0.1) is 37.8 Å². The summed E-state index contributed by atoms with van der Waals surface area (Å²) in [5.41, 5.74) is 26.0. The Morgan fingerprint density at radius 2 is 0.549 bits per heavy atom. The Morgan fingerprint density at radius 3 is 0.743 bits per heavy atom. The van der Waals surface area contributed by atoms with Crippen LogP contribution in [0.1, 0.15) is 222 Å². The molecule has 19 heteroatoms. The first-order valence-electron chi connectivity index (χ1n) is 39.7. The molecular weight excluding hydrogens is 1440 g/mol. The first-order valence-corrected chi connectivity index (χ1v) is 41.3. The molecule has 11 aromatic rings. The molecule has 2 aliphatic heterocycles. The highest BCUT2D eigenvalue weighted by Gasteiger charge is 2.18. The molecule has 0 radical (unpaired) electrons. The average Bonchev–Trinajstić information content (AvgIpc) is 1.15. The van der Waals surface area contributed by atoms with Crippen LogP contribution in [0.2, 0.25) is 0 Å². The zero-order chi connectivity index (χ0) is 85.2. The van der Waals surface area contributed by atoms with Gasteiger partial charge in [-0.3, -0.25) is 9.97 Å². The van der Waals surface area contributed by atoms with E-state index >= 15 is 0 Å². The number of rotatable bonds is 0. The fraction of sp³-hybridized carbons (Fsp3) is 0.511. The van der Waals surface area contributed by atoms with Crippen LogP contribution in [0.3, 0.4) is 0 Å². The van der Waals surface area contributed by atoms with E-state index in [0.29, 0.717) is 23.6 Å². The lowest BCUT2D eigenvalue weighted by Gasteiger charge is -2.24. The van der Waals surface area contributed by atoms with Crippen molar-refractivity contribution in [3.8, 4) is 0 Å². The van der Waals surface area contributed by atoms with Crippen LogP contribution in [0.15, 0.2) is 102 Å². The first-order chi connectivity index (χ1) is 53.1. The summed E-state index contributed by atoms with van der Waals surface area (Å²) in [4.78, 5) is 26.8. The third-order valence-corrected chi connectivity index (χ3v) is 20.9. The van der Waals surface area contributed by atoms with E-state index in [1.54, 1.807) is 25.2 Å². The number of aryl methyl sites for hydroxylation is 22. The van der Waals surface area contributed by atoms with Gasteiger partial charge in [0, 0.05) is 84.0 Å². The van der Waals surface area contributed by atoms with Crippen molar-refractivity contribution in [2.45, 2.75) is 274 Å². The van der Waals surface area contributed by atoms with Crippen molar-refractivity contribution in [3.05, 3.63) is 253 Å². The van der Waals surface area contributed by atoms with Crippen molar-refractivity contribution < 1.29 is 23.4 Å². The zero-order valence-electron chi connectivity index (χ0n) is 75.6. The van der Waals surface area contributed by atoms with Crippen molar-refractivity contribution in [2.24, 2.45) is 23.7 Å². The van der Waals surface area contributed by atoms with E-state index in [4.69, 9.17) is 23.4 Å². The summed E-state index contributed by atoms with van der Waals surface area (Å²) in [6.07, 6.45) is 16.9. The summed E-state index contributed by atoms with van der Waals surface area (Å²) in [6, 6.07) is 20.7. The summed E-state index contributed by atoms with van der Waals surface area (Å²) in [7, 11) is 0. The molecule has 0 unspecified atom stereocenters. The lowest BCUT2D eigenvalue weighted by atomic mass is 9.83. The number of benzene rings is 3. The lowest BCUT2D eigenvalue weighted by molar-refractivity contribution is -0.187. The topological polar surface area (TPSA) is 205 Å². The second kappa shape index (κ2) is 53.7. The number of nitrogens with zero attached hydrogens (tertiary/aromatic N) is 12. The number of fused-ring (bicyclic) bond motifs is 1. The largest absolute Gasteiger partial charge is 0.426 e. The molecule has 3 aromatic carbocycles. The minimum atomic E-state index is 0.0196. The molecule has 0 N–H and O–H groups in total. The molecule has 0 amide bonds. The molecule has 113 heavy (non-hydrogen) atoms. The van der Waals surface area contributed by atoms with Crippen LogP contribution in [0.5, 0.6) is 0 Å². The van der Waals surface area contributed by atoms with Crippen LogP contribution in [0, 0.1) is 218 Å². The Kier molecular flexibility index (Phi) is 47.9. The molecule has 0 spiro atoms. The standard InChI is InChI=1S/C18H24.C10H14.C8H16.2C7H9N.3C6H8N2.2C6H12O2.C6H8S.C4H6N2O.C4H6N2S/c1-9-10(2)14(6)18-16(8)12(4)11(3)15(7)17(18)13(9)5;1-7-5-6-8(2)10(4)9(7)3;1-7-3-5-8(2)6-4-7;2*1-6-3-4-7(2)8-5-6;2*1-5-3-7-6(2)8-4-5;1-5-3-4-6(2)8-7-5;2*1-5-3-7-6(2)8-4-5;1-5-3-4-6(2)7-5;2*1-3-5-6-4(2)7-3/h1-8H3;5-6H,1-4H3;7-8H,3-6H2,1-2H3;2*3-5H,1-2H3;3*3-4H,1-2H3;2*5-6H,3-4H2,1-2H3;3-4H,1-2H3;2*1-2H3.